The van der Waals surface area contributed by atoms with Crippen molar-refractivity contribution in [2.75, 3.05) is 6.54 Å². The van der Waals surface area contributed by atoms with Crippen LogP contribution in [0.1, 0.15) is 11.6 Å². The molecule has 0 spiro atoms. The Morgan fingerprint density at radius 2 is 2.06 bits per heavy atom. The van der Waals surface area contributed by atoms with Crippen molar-refractivity contribution in [3.8, 4) is 0 Å². The van der Waals surface area contributed by atoms with Crippen molar-refractivity contribution >= 4 is 17.6 Å². The minimum absolute atomic E-state index is 0.0338. The van der Waals surface area contributed by atoms with Gasteiger partial charge in [0.2, 0.25) is 0 Å². The van der Waals surface area contributed by atoms with Crippen LogP contribution in [0.5, 0.6) is 0 Å². The molecule has 0 amide bonds. The largest absolute Gasteiger partial charge is 0.480 e. The van der Waals surface area contributed by atoms with Crippen molar-refractivity contribution in [2.45, 2.75) is 12.2 Å². The molecule has 1 atom stereocenters. The number of halogens is 5. The highest BCUT2D eigenvalue weighted by molar-refractivity contribution is 6.30. The first-order chi connectivity index (χ1) is 8.20. The highest BCUT2D eigenvalue weighted by Gasteiger charge is 2.31. The van der Waals surface area contributed by atoms with E-state index in [0.717, 1.165) is 12.1 Å². The summed E-state index contributed by atoms with van der Waals surface area (Å²) in [5.74, 6) is -2.57. The summed E-state index contributed by atoms with van der Waals surface area (Å²) in [6, 6.07) is 1.22. The van der Waals surface area contributed by atoms with Gasteiger partial charge in [-0.25, -0.2) is 4.39 Å². The fourth-order valence-electron chi connectivity index (χ4n) is 1.28. The van der Waals surface area contributed by atoms with Crippen molar-refractivity contribution in [3.63, 3.8) is 0 Å². The molecule has 1 rings (SSSR count). The third kappa shape index (κ3) is 4.15. The molecule has 3 nitrogen and oxygen atoms in total. The SMILES string of the molecule is O=C(O)C(NCC(F)(F)F)c1cc(Cl)ccc1F. The minimum atomic E-state index is -4.59. The molecule has 0 saturated heterocycles. The van der Waals surface area contributed by atoms with Crippen LogP contribution in [0.25, 0.3) is 0 Å². The minimum Gasteiger partial charge on any atom is -0.480 e. The zero-order chi connectivity index (χ0) is 13.9. The normalized spacial score (nSPS) is 13.4. The van der Waals surface area contributed by atoms with Crippen LogP contribution in [0.2, 0.25) is 5.02 Å². The number of alkyl halides is 3. The molecule has 8 heteroatoms. The summed E-state index contributed by atoms with van der Waals surface area (Å²) in [4.78, 5) is 10.8. The van der Waals surface area contributed by atoms with Crippen LogP contribution in [0.3, 0.4) is 0 Å². The predicted octanol–water partition coefficient (Wildman–Crippen LogP) is 2.76. The average Bonchev–Trinajstić information content (AvgIpc) is 2.21. The van der Waals surface area contributed by atoms with Gasteiger partial charge in [-0.2, -0.15) is 13.2 Å². The molecule has 0 aliphatic carbocycles. The molecule has 1 unspecified atom stereocenters. The summed E-state index contributed by atoms with van der Waals surface area (Å²) < 4.78 is 49.4. The van der Waals surface area contributed by atoms with E-state index in [1.807, 2.05) is 0 Å². The van der Waals surface area contributed by atoms with Gasteiger partial charge >= 0.3 is 12.1 Å². The second-order valence-corrected chi connectivity index (χ2v) is 3.87. The number of nitrogens with one attached hydrogen (secondary N) is 1. The number of carbonyl (C=O) groups is 1. The molecule has 0 aromatic heterocycles. The monoisotopic (exact) mass is 285 g/mol. The van der Waals surface area contributed by atoms with Crippen LogP contribution in [0.4, 0.5) is 17.6 Å². The molecule has 18 heavy (non-hydrogen) atoms. The molecular weight excluding hydrogens is 278 g/mol. The van der Waals surface area contributed by atoms with Gasteiger partial charge in [-0.15, -0.1) is 0 Å². The maximum Gasteiger partial charge on any atom is 0.401 e. The number of rotatable bonds is 4. The Morgan fingerprint density at radius 1 is 1.44 bits per heavy atom. The fraction of sp³-hybridized carbons (Fsp3) is 0.300. The first-order valence-corrected chi connectivity index (χ1v) is 5.06. The number of aliphatic carboxylic acids is 1. The van der Waals surface area contributed by atoms with Gasteiger partial charge in [0.05, 0.1) is 6.54 Å². The maximum atomic E-state index is 13.4. The lowest BCUT2D eigenvalue weighted by Crippen LogP contribution is -2.36. The van der Waals surface area contributed by atoms with Gasteiger partial charge in [0.1, 0.15) is 11.9 Å². The quantitative estimate of drug-likeness (QED) is 0.836. The zero-order valence-electron chi connectivity index (χ0n) is 8.76. The highest BCUT2D eigenvalue weighted by Crippen LogP contribution is 2.23. The van der Waals surface area contributed by atoms with Crippen LogP contribution in [-0.2, 0) is 4.79 Å². The Bertz CT molecular complexity index is 450. The third-order valence-electron chi connectivity index (χ3n) is 2.02. The van der Waals surface area contributed by atoms with E-state index in [-0.39, 0.29) is 5.02 Å². The molecule has 0 aliphatic rings. The van der Waals surface area contributed by atoms with E-state index in [1.54, 1.807) is 5.32 Å². The Morgan fingerprint density at radius 3 is 2.56 bits per heavy atom. The lowest BCUT2D eigenvalue weighted by atomic mass is 10.1. The molecule has 0 fully saturated rings. The van der Waals surface area contributed by atoms with Gasteiger partial charge in [0.25, 0.3) is 0 Å². The van der Waals surface area contributed by atoms with E-state index >= 15 is 0 Å². The smallest absolute Gasteiger partial charge is 0.401 e. The summed E-state index contributed by atoms with van der Waals surface area (Å²) in [5, 5.41) is 10.6. The third-order valence-corrected chi connectivity index (χ3v) is 2.26. The Labute approximate surface area is 104 Å². The van der Waals surface area contributed by atoms with Gasteiger partial charge < -0.3 is 5.11 Å². The summed E-state index contributed by atoms with van der Waals surface area (Å²) in [7, 11) is 0. The molecule has 1 aromatic carbocycles. The Balaban J connectivity index is 2.98. The standard InChI is InChI=1S/C10H8ClF4NO2/c11-5-1-2-7(12)6(3-5)8(9(17)18)16-4-10(13,14)15/h1-3,8,16H,4H2,(H,17,18). The van der Waals surface area contributed by atoms with Crippen molar-refractivity contribution in [1.82, 2.24) is 5.32 Å². The van der Waals surface area contributed by atoms with E-state index in [1.165, 1.54) is 6.07 Å². The number of carboxylic acid groups (broad SMARTS) is 1. The molecular formula is C10H8ClF4NO2. The van der Waals surface area contributed by atoms with Crippen molar-refractivity contribution in [2.24, 2.45) is 0 Å². The molecule has 0 bridgehead atoms. The predicted molar refractivity (Wildman–Crippen MR) is 55.8 cm³/mol. The van der Waals surface area contributed by atoms with Gasteiger partial charge in [-0.05, 0) is 18.2 Å². The van der Waals surface area contributed by atoms with Crippen LogP contribution < -0.4 is 5.32 Å². The molecule has 1 aromatic rings. The van der Waals surface area contributed by atoms with Crippen LogP contribution in [0.15, 0.2) is 18.2 Å². The number of carboxylic acids is 1. The van der Waals surface area contributed by atoms with Gasteiger partial charge in [0, 0.05) is 10.6 Å². The molecule has 0 heterocycles. The second kappa shape index (κ2) is 5.53. The first-order valence-electron chi connectivity index (χ1n) is 4.68. The van der Waals surface area contributed by atoms with Crippen molar-refractivity contribution < 1.29 is 27.5 Å². The van der Waals surface area contributed by atoms with Crippen LogP contribution in [-0.4, -0.2) is 23.8 Å². The van der Waals surface area contributed by atoms with E-state index in [2.05, 4.69) is 0 Å². The summed E-state index contributed by atoms with van der Waals surface area (Å²) >= 11 is 5.55. The van der Waals surface area contributed by atoms with Crippen molar-refractivity contribution in [1.29, 1.82) is 0 Å². The number of hydrogen-bond donors (Lipinski definition) is 2. The second-order valence-electron chi connectivity index (χ2n) is 3.43. The molecule has 2 N–H and O–H groups in total. The van der Waals surface area contributed by atoms with Gasteiger partial charge in [-0.1, -0.05) is 11.6 Å². The first kappa shape index (κ1) is 14.7. The highest BCUT2D eigenvalue weighted by atomic mass is 35.5. The summed E-state index contributed by atoms with van der Waals surface area (Å²) in [6.45, 7) is -1.55. The Kier molecular flexibility index (Phi) is 4.53. The van der Waals surface area contributed by atoms with Crippen molar-refractivity contribution in [3.05, 3.63) is 34.6 Å². The maximum absolute atomic E-state index is 13.4. The zero-order valence-corrected chi connectivity index (χ0v) is 9.52. The lowest BCUT2D eigenvalue weighted by Gasteiger charge is -2.17. The van der Waals surface area contributed by atoms with Gasteiger partial charge in [0.15, 0.2) is 0 Å². The molecule has 0 radical (unpaired) electrons. The van der Waals surface area contributed by atoms with E-state index in [4.69, 9.17) is 16.7 Å². The molecule has 0 saturated carbocycles. The van der Waals surface area contributed by atoms with Gasteiger partial charge in [-0.3, -0.25) is 10.1 Å². The lowest BCUT2D eigenvalue weighted by molar-refractivity contribution is -0.143. The number of benzene rings is 1. The van der Waals surface area contributed by atoms with Crippen LogP contribution >= 0.6 is 11.6 Å². The summed E-state index contributed by atoms with van der Waals surface area (Å²) in [6.07, 6.45) is -4.59. The summed E-state index contributed by atoms with van der Waals surface area (Å²) in [5.41, 5.74) is -0.445. The fourth-order valence-corrected chi connectivity index (χ4v) is 1.46. The van der Waals surface area contributed by atoms with E-state index < -0.39 is 36.1 Å². The van der Waals surface area contributed by atoms with Crippen LogP contribution in [0, 0.1) is 5.82 Å². The average molecular weight is 286 g/mol. The molecule has 0 aliphatic heterocycles. The Hall–Kier alpha value is -1.34. The topological polar surface area (TPSA) is 49.3 Å². The van der Waals surface area contributed by atoms with E-state index in [9.17, 15) is 22.4 Å². The molecule has 100 valence electrons. The number of hydrogen-bond acceptors (Lipinski definition) is 2. The van der Waals surface area contributed by atoms with E-state index in [0.29, 0.717) is 0 Å².